The highest BCUT2D eigenvalue weighted by Gasteiger charge is 2.25. The molecule has 0 saturated heterocycles. The number of amides is 1. The molecule has 0 atom stereocenters. The molecule has 5 rings (SSSR count). The number of fused-ring (bicyclic) bond motifs is 3. The Hall–Kier alpha value is -3.35. The molecule has 7 heteroatoms. The zero-order chi connectivity index (χ0) is 27.9. The van der Waals surface area contributed by atoms with E-state index < -0.39 is 12.5 Å². The number of halogens is 1. The van der Waals surface area contributed by atoms with Crippen LogP contribution in [0, 0.1) is 5.92 Å². The molecular weight excluding hydrogens is 524 g/mol. The van der Waals surface area contributed by atoms with Gasteiger partial charge in [0.2, 0.25) is 0 Å². The summed E-state index contributed by atoms with van der Waals surface area (Å²) < 4.78 is 6.23. The van der Waals surface area contributed by atoms with Crippen LogP contribution in [-0.4, -0.2) is 53.0 Å². The summed E-state index contributed by atoms with van der Waals surface area (Å²) in [5.74, 6) is 0.195. The summed E-state index contributed by atoms with van der Waals surface area (Å²) in [5, 5.41) is 10.0. The lowest BCUT2D eigenvalue weighted by Crippen LogP contribution is -2.35. The van der Waals surface area contributed by atoms with Gasteiger partial charge >= 0.3 is 5.97 Å². The number of ether oxygens (including phenoxy) is 1. The van der Waals surface area contributed by atoms with Gasteiger partial charge in [-0.1, -0.05) is 54.1 Å². The number of nitrogens with zero attached hydrogens (tertiary/aromatic N) is 2. The van der Waals surface area contributed by atoms with Crippen LogP contribution < -0.4 is 4.74 Å². The zero-order valence-electron chi connectivity index (χ0n) is 22.9. The Morgan fingerprint density at radius 3 is 2.60 bits per heavy atom. The zero-order valence-corrected chi connectivity index (χ0v) is 23.6. The van der Waals surface area contributed by atoms with Gasteiger partial charge in [0, 0.05) is 36.6 Å². The van der Waals surface area contributed by atoms with Crippen molar-refractivity contribution in [3.63, 3.8) is 0 Å². The van der Waals surface area contributed by atoms with Gasteiger partial charge in [0.05, 0.1) is 6.61 Å². The monoisotopic (exact) mass is 560 g/mol. The van der Waals surface area contributed by atoms with Gasteiger partial charge in [0.1, 0.15) is 12.3 Å². The van der Waals surface area contributed by atoms with E-state index in [9.17, 15) is 14.7 Å². The minimum atomic E-state index is -1.07. The lowest BCUT2D eigenvalue weighted by atomic mass is 9.99. The summed E-state index contributed by atoms with van der Waals surface area (Å²) in [7, 11) is 0. The summed E-state index contributed by atoms with van der Waals surface area (Å²) in [6.45, 7) is 3.56. The van der Waals surface area contributed by atoms with Crippen molar-refractivity contribution in [3.05, 3.63) is 99.6 Å². The van der Waals surface area contributed by atoms with Crippen LogP contribution in [0.15, 0.2) is 66.7 Å². The van der Waals surface area contributed by atoms with Gasteiger partial charge in [-0.2, -0.15) is 0 Å². The fourth-order valence-electron chi connectivity index (χ4n) is 5.38. The molecule has 1 fully saturated rings. The molecular formula is C33H37ClN2O4. The summed E-state index contributed by atoms with van der Waals surface area (Å²) in [6.07, 6.45) is 6.57. The van der Waals surface area contributed by atoms with Gasteiger partial charge in [-0.05, 0) is 91.1 Å². The van der Waals surface area contributed by atoms with E-state index in [2.05, 4.69) is 29.2 Å². The van der Waals surface area contributed by atoms with Gasteiger partial charge in [-0.25, -0.2) is 0 Å². The number of hydrogen-bond donors (Lipinski definition) is 1. The van der Waals surface area contributed by atoms with E-state index >= 15 is 0 Å². The second-order valence-corrected chi connectivity index (χ2v) is 11.5. The quantitative estimate of drug-likeness (QED) is 0.360. The van der Waals surface area contributed by atoms with Crippen molar-refractivity contribution in [2.75, 3.05) is 26.2 Å². The SMILES string of the molecule is O=C(O)CN(Cc1ccccc1Cl)C(=O)c1ccc2c(c1)Cc1cccc(c1)CN(CC1CC1)CCCCCO2. The van der Waals surface area contributed by atoms with E-state index in [1.54, 1.807) is 18.2 Å². The molecule has 0 radical (unpaired) electrons. The van der Waals surface area contributed by atoms with Crippen LogP contribution in [0.5, 0.6) is 5.75 Å². The molecule has 0 aromatic heterocycles. The Labute approximate surface area is 241 Å². The molecule has 1 heterocycles. The number of carboxylic acid groups (broad SMARTS) is 1. The lowest BCUT2D eigenvalue weighted by molar-refractivity contribution is -0.137. The number of carboxylic acids is 1. The summed E-state index contributed by atoms with van der Waals surface area (Å²) >= 11 is 6.32. The van der Waals surface area contributed by atoms with E-state index in [1.165, 1.54) is 29.8 Å². The third-order valence-corrected chi connectivity index (χ3v) is 7.99. The van der Waals surface area contributed by atoms with Gasteiger partial charge in [-0.15, -0.1) is 0 Å². The first kappa shape index (κ1) is 28.2. The number of carbonyl (C=O) groups is 2. The topological polar surface area (TPSA) is 70.1 Å². The Bertz CT molecular complexity index is 1340. The number of benzene rings is 3. The molecule has 40 heavy (non-hydrogen) atoms. The molecule has 6 nitrogen and oxygen atoms in total. The molecule has 0 unspecified atom stereocenters. The number of aliphatic carboxylic acids is 1. The first-order valence-electron chi connectivity index (χ1n) is 14.2. The van der Waals surface area contributed by atoms with Gasteiger partial charge in [-0.3, -0.25) is 14.5 Å². The smallest absolute Gasteiger partial charge is 0.323 e. The number of hydrogen-bond acceptors (Lipinski definition) is 4. The normalized spacial score (nSPS) is 16.3. The fourth-order valence-corrected chi connectivity index (χ4v) is 5.58. The Morgan fingerprint density at radius 2 is 1.80 bits per heavy atom. The Morgan fingerprint density at radius 1 is 0.975 bits per heavy atom. The van der Waals surface area contributed by atoms with Crippen LogP contribution in [0.3, 0.4) is 0 Å². The second-order valence-electron chi connectivity index (χ2n) is 11.1. The number of rotatable bonds is 7. The summed E-state index contributed by atoms with van der Waals surface area (Å²) in [5.41, 5.74) is 4.52. The van der Waals surface area contributed by atoms with E-state index in [0.29, 0.717) is 29.2 Å². The predicted octanol–water partition coefficient (Wildman–Crippen LogP) is 6.43. The lowest BCUT2D eigenvalue weighted by Gasteiger charge is -2.24. The van der Waals surface area contributed by atoms with E-state index in [-0.39, 0.29) is 12.5 Å². The molecule has 1 saturated carbocycles. The molecule has 210 valence electrons. The van der Waals surface area contributed by atoms with Crippen molar-refractivity contribution >= 4 is 23.5 Å². The van der Waals surface area contributed by atoms with Crippen molar-refractivity contribution in [1.29, 1.82) is 0 Å². The first-order valence-corrected chi connectivity index (χ1v) is 14.6. The average molecular weight is 561 g/mol. The minimum absolute atomic E-state index is 0.109. The number of carbonyl (C=O) groups excluding carboxylic acids is 1. The Balaban J connectivity index is 1.41. The Kier molecular flexibility index (Phi) is 9.40. The molecule has 1 N–H and O–H groups in total. The molecule has 3 aromatic rings. The van der Waals surface area contributed by atoms with Crippen molar-refractivity contribution in [2.24, 2.45) is 5.92 Å². The van der Waals surface area contributed by atoms with Crippen LogP contribution in [0.25, 0.3) is 0 Å². The van der Waals surface area contributed by atoms with Gasteiger partial charge in [0.15, 0.2) is 0 Å². The first-order chi connectivity index (χ1) is 19.4. The average Bonchev–Trinajstić information content (AvgIpc) is 3.75. The minimum Gasteiger partial charge on any atom is -0.493 e. The highest BCUT2D eigenvalue weighted by atomic mass is 35.5. The maximum atomic E-state index is 13.6. The summed E-state index contributed by atoms with van der Waals surface area (Å²) in [4.78, 5) is 29.2. The molecule has 2 bridgehead atoms. The maximum absolute atomic E-state index is 13.6. The predicted molar refractivity (Wildman–Crippen MR) is 157 cm³/mol. The van der Waals surface area contributed by atoms with Crippen LogP contribution in [0.1, 0.15) is 64.7 Å². The summed E-state index contributed by atoms with van der Waals surface area (Å²) in [6, 6.07) is 21.3. The standard InChI is InChI=1S/C33H37ClN2O4/c34-30-10-3-2-9-28(30)22-36(23-32(37)38)33(39)27-13-14-31-29(19-27)18-25-7-6-8-26(17-25)21-35(20-24-11-12-24)15-4-1-5-16-40-31/h2-3,6-10,13-14,17,19,24H,1,4-5,11-12,15-16,18,20-23H2,(H,37,38). The molecule has 1 aliphatic carbocycles. The van der Waals surface area contributed by atoms with Gasteiger partial charge in [0.25, 0.3) is 5.91 Å². The third kappa shape index (κ3) is 7.86. The van der Waals surface area contributed by atoms with Crippen molar-refractivity contribution in [3.8, 4) is 5.75 Å². The van der Waals surface area contributed by atoms with Crippen LogP contribution >= 0.6 is 11.6 Å². The third-order valence-electron chi connectivity index (χ3n) is 7.62. The molecule has 2 aliphatic rings. The van der Waals surface area contributed by atoms with Crippen molar-refractivity contribution in [1.82, 2.24) is 9.80 Å². The van der Waals surface area contributed by atoms with Crippen LogP contribution in [-0.2, 0) is 24.3 Å². The van der Waals surface area contributed by atoms with E-state index in [4.69, 9.17) is 16.3 Å². The molecule has 0 spiro atoms. The van der Waals surface area contributed by atoms with Crippen LogP contribution in [0.2, 0.25) is 5.02 Å². The largest absolute Gasteiger partial charge is 0.493 e. The molecule has 1 amide bonds. The highest BCUT2D eigenvalue weighted by Crippen LogP contribution is 2.31. The van der Waals surface area contributed by atoms with Gasteiger partial charge < -0.3 is 14.7 Å². The van der Waals surface area contributed by atoms with Crippen molar-refractivity contribution in [2.45, 2.75) is 51.6 Å². The fraction of sp³-hybridized carbons (Fsp3) is 0.394. The second kappa shape index (κ2) is 13.3. The maximum Gasteiger partial charge on any atom is 0.323 e. The van der Waals surface area contributed by atoms with E-state index in [0.717, 1.165) is 55.1 Å². The van der Waals surface area contributed by atoms with E-state index in [1.807, 2.05) is 24.3 Å². The molecule has 1 aliphatic heterocycles. The van der Waals surface area contributed by atoms with Crippen molar-refractivity contribution < 1.29 is 19.4 Å². The highest BCUT2D eigenvalue weighted by molar-refractivity contribution is 6.31. The molecule has 3 aromatic carbocycles. The van der Waals surface area contributed by atoms with Crippen LogP contribution in [0.4, 0.5) is 0 Å².